The summed E-state index contributed by atoms with van der Waals surface area (Å²) in [5.41, 5.74) is 17.8. The van der Waals surface area contributed by atoms with E-state index in [-0.39, 0.29) is 43.3 Å². The number of nitrogens with zero attached hydrogens (tertiary/aromatic N) is 5. The highest BCUT2D eigenvalue weighted by molar-refractivity contribution is 5.96. The third kappa shape index (κ3) is 9.41. The predicted molar refractivity (Wildman–Crippen MR) is 255 cm³/mol. The Balaban J connectivity index is 1.20. The normalized spacial score (nSPS) is 21.6. The van der Waals surface area contributed by atoms with Crippen LogP contribution in [-0.4, -0.2) is 98.7 Å². The number of nitrogens with one attached hydrogen (secondary N) is 2. The Morgan fingerprint density at radius 1 is 1.04 bits per heavy atom. The van der Waals surface area contributed by atoms with Gasteiger partial charge in [-0.2, -0.15) is 0 Å². The van der Waals surface area contributed by atoms with E-state index in [9.17, 15) is 24.3 Å². The minimum Gasteiger partial charge on any atom is -0.508 e. The number of hydrazine groups is 1. The van der Waals surface area contributed by atoms with Crippen LogP contribution in [0.3, 0.4) is 0 Å². The molecular formula is C52H64N8O7. The molecule has 2 aromatic carbocycles. The fourth-order valence-corrected chi connectivity index (χ4v) is 10.4. The van der Waals surface area contributed by atoms with Crippen molar-refractivity contribution < 1.29 is 33.8 Å². The zero-order chi connectivity index (χ0) is 47.9. The average molecular weight is 913 g/mol. The van der Waals surface area contributed by atoms with E-state index < -0.39 is 53.3 Å². The second-order valence-electron chi connectivity index (χ2n) is 19.5. The molecule has 5 aromatic rings. The number of aromatic nitrogens is 3. The molecular weight excluding hydrogens is 849 g/mol. The van der Waals surface area contributed by atoms with E-state index in [1.165, 1.54) is 9.91 Å². The van der Waals surface area contributed by atoms with Crippen LogP contribution in [0.25, 0.3) is 33.3 Å². The first-order chi connectivity index (χ1) is 32.0. The minimum absolute atomic E-state index is 0.00423. The molecule has 15 heteroatoms. The van der Waals surface area contributed by atoms with E-state index in [1.807, 2.05) is 45.0 Å². The van der Waals surface area contributed by atoms with Crippen LogP contribution < -0.4 is 16.5 Å². The highest BCUT2D eigenvalue weighted by atomic mass is 16.5. The van der Waals surface area contributed by atoms with Gasteiger partial charge in [0.05, 0.1) is 30.0 Å². The van der Waals surface area contributed by atoms with E-state index in [0.717, 1.165) is 55.8 Å². The lowest BCUT2D eigenvalue weighted by atomic mass is 9.84. The van der Waals surface area contributed by atoms with Crippen molar-refractivity contribution in [3.05, 3.63) is 101 Å². The molecule has 2 aliphatic heterocycles. The average Bonchev–Trinajstić information content (AvgIpc) is 3.81. The Labute approximate surface area is 392 Å². The molecule has 1 saturated heterocycles. The van der Waals surface area contributed by atoms with Gasteiger partial charge in [0.25, 0.3) is 5.91 Å². The number of aryl methyl sites for hydroxylation is 1. The molecule has 3 amide bonds. The van der Waals surface area contributed by atoms with Crippen LogP contribution in [-0.2, 0) is 54.5 Å². The number of phenolic OH excluding ortho intramolecular Hbond substituents is 1. The highest BCUT2D eigenvalue weighted by Crippen LogP contribution is 2.42. The van der Waals surface area contributed by atoms with Crippen LogP contribution in [0.1, 0.15) is 94.6 Å². The summed E-state index contributed by atoms with van der Waals surface area (Å²) in [6, 6.07) is 15.7. The number of aromatic hydroxyl groups is 1. The zero-order valence-corrected chi connectivity index (χ0v) is 39.8. The van der Waals surface area contributed by atoms with Crippen LogP contribution in [0.2, 0.25) is 0 Å². The Kier molecular flexibility index (Phi) is 13.6. The summed E-state index contributed by atoms with van der Waals surface area (Å²) in [5.74, 6) is -2.71. The molecule has 6 atom stereocenters. The summed E-state index contributed by atoms with van der Waals surface area (Å²) in [4.78, 5) is 68.2. The number of rotatable bonds is 9. The van der Waals surface area contributed by atoms with E-state index in [4.69, 9.17) is 20.2 Å². The Hall–Kier alpha value is -6.16. The summed E-state index contributed by atoms with van der Waals surface area (Å²) in [6.45, 7) is 13.0. The van der Waals surface area contributed by atoms with Gasteiger partial charge < -0.3 is 35.1 Å². The second-order valence-corrected chi connectivity index (χ2v) is 19.5. The molecule has 354 valence electrons. The molecule has 1 fully saturated rings. The lowest BCUT2D eigenvalue weighted by Crippen LogP contribution is -2.62. The molecule has 3 aromatic heterocycles. The zero-order valence-electron chi connectivity index (χ0n) is 39.8. The lowest BCUT2D eigenvalue weighted by molar-refractivity contribution is -0.155. The Bertz CT molecular complexity index is 2700. The van der Waals surface area contributed by atoms with Gasteiger partial charge in [0.15, 0.2) is 0 Å². The molecule has 5 N–H and O–H groups in total. The summed E-state index contributed by atoms with van der Waals surface area (Å²) >= 11 is 0. The molecule has 0 spiro atoms. The van der Waals surface area contributed by atoms with E-state index in [2.05, 4.69) is 59.3 Å². The van der Waals surface area contributed by atoms with Gasteiger partial charge >= 0.3 is 5.97 Å². The van der Waals surface area contributed by atoms with E-state index in [0.29, 0.717) is 37.8 Å². The van der Waals surface area contributed by atoms with Gasteiger partial charge in [-0.3, -0.25) is 34.2 Å². The monoisotopic (exact) mass is 912 g/mol. The fourth-order valence-electron chi connectivity index (χ4n) is 10.4. The standard InChI is InChI=1S/C52H64N8O7/c1-9-59-43-17-16-32-25-37(43)39(47(59)36-14-11-19-55-45(36)30(4)66-8)27-52(5,6)28-67-51(65)40-15-12-20-60(57-40)50(64)42(23-31-21-33(32)24-34(61)22-31)56-48(62)46(29(2)3)58(7)49(63)38-26-41-35(44(38)53)13-10-18-54-41/h10-11,13-14,16-19,21-22,24-25,29-30,38,40,42,44,46,57,61H,9,12,15,20,23,26-28,53H2,1-8H3,(H,56,62)/t30-,38-,40-,42-,44+,46?/m0/s1. The van der Waals surface area contributed by atoms with Crippen molar-refractivity contribution in [2.24, 2.45) is 23.0 Å². The van der Waals surface area contributed by atoms with Crippen molar-refractivity contribution in [3.63, 3.8) is 0 Å². The van der Waals surface area contributed by atoms with Crippen molar-refractivity contribution >= 4 is 34.6 Å². The molecule has 0 saturated carbocycles. The first-order valence-corrected chi connectivity index (χ1v) is 23.5. The predicted octanol–water partition coefficient (Wildman–Crippen LogP) is 6.20. The molecule has 8 rings (SSSR count). The Morgan fingerprint density at radius 2 is 1.81 bits per heavy atom. The second kappa shape index (κ2) is 19.2. The number of amides is 3. The quantitative estimate of drug-likeness (QED) is 0.123. The molecule has 3 aliphatic rings. The van der Waals surface area contributed by atoms with E-state index >= 15 is 0 Å². The third-order valence-electron chi connectivity index (χ3n) is 13.8. The highest BCUT2D eigenvalue weighted by Gasteiger charge is 2.42. The summed E-state index contributed by atoms with van der Waals surface area (Å²) in [7, 11) is 3.27. The number of fused-ring (bicyclic) bond motifs is 7. The molecule has 1 aliphatic carbocycles. The number of hydrogen-bond donors (Lipinski definition) is 4. The van der Waals surface area contributed by atoms with Crippen LogP contribution in [0.4, 0.5) is 0 Å². The minimum atomic E-state index is -1.16. The summed E-state index contributed by atoms with van der Waals surface area (Å²) in [5, 5.41) is 16.8. The maximum Gasteiger partial charge on any atom is 0.324 e. The number of pyridine rings is 2. The van der Waals surface area contributed by atoms with Crippen molar-refractivity contribution in [1.29, 1.82) is 0 Å². The van der Waals surface area contributed by atoms with Gasteiger partial charge in [-0.15, -0.1) is 0 Å². The van der Waals surface area contributed by atoms with Crippen LogP contribution >= 0.6 is 0 Å². The molecule has 5 heterocycles. The number of likely N-dealkylation sites (N-methyl/N-ethyl adjacent to an activating group) is 1. The van der Waals surface area contributed by atoms with Gasteiger partial charge in [-0.05, 0) is 109 Å². The SMILES string of the molecule is CCn1c(-c2cccnc2[C@H](C)OC)c2c3cc(ccc31)-c1cc(O)cc(c1)C[C@H](NC(=O)C(C(C)C)N(C)C(=O)[C@H]1Cc3ncccc3[C@H]1N)C(=O)N1CCC[C@H](N1)C(=O)OCC(C)(C)C2. The van der Waals surface area contributed by atoms with Crippen molar-refractivity contribution in [2.75, 3.05) is 27.3 Å². The number of carbonyl (C=O) groups excluding carboxylic acids is 4. The van der Waals surface area contributed by atoms with E-state index in [1.54, 1.807) is 44.8 Å². The number of phenols is 1. The summed E-state index contributed by atoms with van der Waals surface area (Å²) in [6.07, 6.45) is 5.03. The number of nitrogens with two attached hydrogens (primary N) is 1. The number of cyclic esters (lactones) is 1. The topological polar surface area (TPSA) is 194 Å². The number of benzene rings is 2. The van der Waals surface area contributed by atoms with Crippen LogP contribution in [0, 0.1) is 17.3 Å². The smallest absolute Gasteiger partial charge is 0.324 e. The van der Waals surface area contributed by atoms with Gasteiger partial charge in [0.1, 0.15) is 23.9 Å². The maximum atomic E-state index is 14.8. The number of carbonyl (C=O) groups is 4. The number of esters is 1. The third-order valence-corrected chi connectivity index (χ3v) is 13.8. The lowest BCUT2D eigenvalue weighted by Gasteiger charge is -2.37. The number of hydrogen-bond acceptors (Lipinski definition) is 11. The first-order valence-electron chi connectivity index (χ1n) is 23.5. The van der Waals surface area contributed by atoms with Gasteiger partial charge in [-0.25, -0.2) is 5.43 Å². The summed E-state index contributed by atoms with van der Waals surface area (Å²) < 4.78 is 14.2. The molecule has 6 bridgehead atoms. The van der Waals surface area contributed by atoms with Gasteiger partial charge in [0.2, 0.25) is 11.8 Å². The Morgan fingerprint density at radius 3 is 2.54 bits per heavy atom. The maximum absolute atomic E-state index is 14.8. The number of methoxy groups -OCH3 is 1. The van der Waals surface area contributed by atoms with Crippen molar-refractivity contribution in [1.82, 2.24) is 35.2 Å². The molecule has 67 heavy (non-hydrogen) atoms. The van der Waals surface area contributed by atoms with Crippen molar-refractivity contribution in [2.45, 2.75) is 110 Å². The molecule has 1 unspecified atom stereocenters. The number of ether oxygens (including phenoxy) is 2. The fraction of sp³-hybridized carbons (Fsp3) is 0.462. The largest absolute Gasteiger partial charge is 0.508 e. The van der Waals surface area contributed by atoms with Crippen molar-refractivity contribution in [3.8, 4) is 28.1 Å². The first kappa shape index (κ1) is 47.3. The van der Waals surface area contributed by atoms with Crippen LogP contribution in [0.5, 0.6) is 5.75 Å². The molecule has 0 radical (unpaired) electrons. The van der Waals surface area contributed by atoms with Crippen LogP contribution in [0.15, 0.2) is 73.1 Å². The molecule has 15 nitrogen and oxygen atoms in total. The van der Waals surface area contributed by atoms with Gasteiger partial charge in [0, 0.05) is 86.1 Å². The van der Waals surface area contributed by atoms with Gasteiger partial charge in [-0.1, -0.05) is 45.9 Å².